The molecule has 27 heavy (non-hydrogen) atoms. The van der Waals surface area contributed by atoms with Crippen LogP contribution in [0.15, 0.2) is 42.0 Å². The SMILES string of the molecule is COc1ccc(CNC(=O)/C(C#N)=C/c2ccc(OC)c(C)c2)c(OC)c1. The Morgan fingerprint density at radius 1 is 1.07 bits per heavy atom. The van der Waals surface area contributed by atoms with Gasteiger partial charge in [0.25, 0.3) is 5.91 Å². The highest BCUT2D eigenvalue weighted by Gasteiger charge is 2.11. The number of nitrogens with one attached hydrogen (secondary N) is 1. The van der Waals surface area contributed by atoms with E-state index in [1.807, 2.05) is 19.1 Å². The van der Waals surface area contributed by atoms with Crippen molar-refractivity contribution in [2.75, 3.05) is 21.3 Å². The zero-order valence-corrected chi connectivity index (χ0v) is 15.8. The number of methoxy groups -OCH3 is 3. The number of ether oxygens (including phenoxy) is 3. The van der Waals surface area contributed by atoms with Crippen molar-refractivity contribution >= 4 is 12.0 Å². The maximum absolute atomic E-state index is 12.4. The van der Waals surface area contributed by atoms with Crippen molar-refractivity contribution in [3.8, 4) is 23.3 Å². The van der Waals surface area contributed by atoms with E-state index in [1.165, 1.54) is 0 Å². The number of aryl methyl sites for hydroxylation is 1. The lowest BCUT2D eigenvalue weighted by molar-refractivity contribution is -0.117. The summed E-state index contributed by atoms with van der Waals surface area (Å²) in [5, 5.41) is 12.1. The minimum Gasteiger partial charge on any atom is -0.497 e. The average molecular weight is 366 g/mol. The topological polar surface area (TPSA) is 80.6 Å². The molecule has 0 aliphatic heterocycles. The molecule has 0 saturated heterocycles. The quantitative estimate of drug-likeness (QED) is 0.601. The number of nitrogens with zero attached hydrogens (tertiary/aromatic N) is 1. The van der Waals surface area contributed by atoms with Gasteiger partial charge in [0, 0.05) is 18.2 Å². The first-order valence-corrected chi connectivity index (χ1v) is 8.28. The summed E-state index contributed by atoms with van der Waals surface area (Å²) in [5.74, 6) is 1.56. The van der Waals surface area contributed by atoms with E-state index in [0.717, 1.165) is 22.4 Å². The number of rotatable bonds is 7. The molecule has 2 rings (SSSR count). The fourth-order valence-electron chi connectivity index (χ4n) is 2.58. The number of hydrogen-bond acceptors (Lipinski definition) is 5. The van der Waals surface area contributed by atoms with Crippen LogP contribution in [0.2, 0.25) is 0 Å². The summed E-state index contributed by atoms with van der Waals surface area (Å²) in [6, 6.07) is 12.7. The second kappa shape index (κ2) is 9.30. The maximum atomic E-state index is 12.4. The Bertz CT molecular complexity index is 898. The van der Waals surface area contributed by atoms with Gasteiger partial charge >= 0.3 is 0 Å². The molecule has 0 aliphatic rings. The van der Waals surface area contributed by atoms with Gasteiger partial charge in [-0.15, -0.1) is 0 Å². The summed E-state index contributed by atoms with van der Waals surface area (Å²) in [5.41, 5.74) is 2.48. The number of amides is 1. The summed E-state index contributed by atoms with van der Waals surface area (Å²) in [6.07, 6.45) is 1.55. The lowest BCUT2D eigenvalue weighted by atomic mass is 10.1. The van der Waals surface area contributed by atoms with E-state index in [0.29, 0.717) is 11.5 Å². The lowest BCUT2D eigenvalue weighted by Gasteiger charge is -2.11. The van der Waals surface area contributed by atoms with Crippen LogP contribution in [0.5, 0.6) is 17.2 Å². The van der Waals surface area contributed by atoms with Gasteiger partial charge in [-0.1, -0.05) is 6.07 Å². The third-order valence-electron chi connectivity index (χ3n) is 4.03. The molecular formula is C21H22N2O4. The van der Waals surface area contributed by atoms with E-state index in [4.69, 9.17) is 14.2 Å². The van der Waals surface area contributed by atoms with Crippen LogP contribution in [0.3, 0.4) is 0 Å². The van der Waals surface area contributed by atoms with Crippen molar-refractivity contribution in [3.05, 3.63) is 58.7 Å². The lowest BCUT2D eigenvalue weighted by Crippen LogP contribution is -2.24. The largest absolute Gasteiger partial charge is 0.497 e. The summed E-state index contributed by atoms with van der Waals surface area (Å²) in [7, 11) is 4.72. The van der Waals surface area contributed by atoms with Crippen molar-refractivity contribution in [2.24, 2.45) is 0 Å². The molecule has 2 aromatic rings. The van der Waals surface area contributed by atoms with Gasteiger partial charge < -0.3 is 19.5 Å². The highest BCUT2D eigenvalue weighted by atomic mass is 16.5. The molecule has 0 heterocycles. The van der Waals surface area contributed by atoms with Gasteiger partial charge in [-0.3, -0.25) is 4.79 Å². The molecule has 6 nitrogen and oxygen atoms in total. The Balaban J connectivity index is 2.14. The van der Waals surface area contributed by atoms with Gasteiger partial charge in [0.05, 0.1) is 21.3 Å². The van der Waals surface area contributed by atoms with E-state index in [2.05, 4.69) is 5.32 Å². The van der Waals surface area contributed by atoms with E-state index >= 15 is 0 Å². The smallest absolute Gasteiger partial charge is 0.262 e. The van der Waals surface area contributed by atoms with Crippen molar-refractivity contribution < 1.29 is 19.0 Å². The van der Waals surface area contributed by atoms with Crippen LogP contribution in [0, 0.1) is 18.3 Å². The molecule has 6 heteroatoms. The molecule has 140 valence electrons. The van der Waals surface area contributed by atoms with Gasteiger partial charge in [0.2, 0.25) is 0 Å². The van der Waals surface area contributed by atoms with E-state index in [9.17, 15) is 10.1 Å². The highest BCUT2D eigenvalue weighted by Crippen LogP contribution is 2.24. The zero-order chi connectivity index (χ0) is 19.8. The number of benzene rings is 2. The predicted molar refractivity (Wildman–Crippen MR) is 103 cm³/mol. The van der Waals surface area contributed by atoms with Gasteiger partial charge in [-0.05, 0) is 48.4 Å². The van der Waals surface area contributed by atoms with Crippen LogP contribution in [-0.2, 0) is 11.3 Å². The summed E-state index contributed by atoms with van der Waals surface area (Å²) >= 11 is 0. The Hall–Kier alpha value is -3.46. The first-order chi connectivity index (χ1) is 13.0. The summed E-state index contributed by atoms with van der Waals surface area (Å²) in [6.45, 7) is 2.13. The maximum Gasteiger partial charge on any atom is 0.262 e. The molecule has 0 bridgehead atoms. The minimum absolute atomic E-state index is 0.0204. The molecule has 1 amide bonds. The summed E-state index contributed by atoms with van der Waals surface area (Å²) in [4.78, 5) is 12.4. The van der Waals surface area contributed by atoms with Crippen molar-refractivity contribution in [1.29, 1.82) is 5.26 Å². The van der Waals surface area contributed by atoms with E-state index in [1.54, 1.807) is 57.7 Å². The Morgan fingerprint density at radius 3 is 2.41 bits per heavy atom. The van der Waals surface area contributed by atoms with Crippen molar-refractivity contribution in [3.63, 3.8) is 0 Å². The Labute approximate surface area is 159 Å². The van der Waals surface area contributed by atoms with Crippen LogP contribution >= 0.6 is 0 Å². The molecule has 0 atom stereocenters. The Kier molecular flexibility index (Phi) is 6.84. The first-order valence-electron chi connectivity index (χ1n) is 8.28. The monoisotopic (exact) mass is 366 g/mol. The molecule has 0 aliphatic carbocycles. The van der Waals surface area contributed by atoms with Crippen LogP contribution in [-0.4, -0.2) is 27.2 Å². The molecule has 0 spiro atoms. The second-order valence-corrected chi connectivity index (χ2v) is 5.76. The van der Waals surface area contributed by atoms with E-state index in [-0.39, 0.29) is 12.1 Å². The van der Waals surface area contributed by atoms with Crippen molar-refractivity contribution in [1.82, 2.24) is 5.32 Å². The number of carbonyl (C=O) groups is 1. The highest BCUT2D eigenvalue weighted by molar-refractivity contribution is 6.01. The van der Waals surface area contributed by atoms with Crippen LogP contribution in [0.1, 0.15) is 16.7 Å². The van der Waals surface area contributed by atoms with Gasteiger partial charge in [-0.2, -0.15) is 5.26 Å². The standard InChI is InChI=1S/C21H22N2O4/c1-14-9-15(5-8-19(14)26-3)10-17(12-22)21(24)23-13-16-6-7-18(25-2)11-20(16)27-4/h5-11H,13H2,1-4H3,(H,23,24)/b17-10+. The third-order valence-corrected chi connectivity index (χ3v) is 4.03. The number of hydrogen-bond donors (Lipinski definition) is 1. The third kappa shape index (κ3) is 5.02. The Morgan fingerprint density at radius 2 is 1.81 bits per heavy atom. The second-order valence-electron chi connectivity index (χ2n) is 5.76. The predicted octanol–water partition coefficient (Wildman–Crippen LogP) is 3.24. The number of carbonyl (C=O) groups excluding carboxylic acids is 1. The molecule has 0 fully saturated rings. The van der Waals surface area contributed by atoms with Crippen LogP contribution in [0.4, 0.5) is 0 Å². The molecule has 1 N–H and O–H groups in total. The minimum atomic E-state index is -0.455. The van der Waals surface area contributed by atoms with Gasteiger partial charge in [0.15, 0.2) is 0 Å². The molecule has 0 unspecified atom stereocenters. The summed E-state index contributed by atoms with van der Waals surface area (Å²) < 4.78 is 15.7. The fourth-order valence-corrected chi connectivity index (χ4v) is 2.58. The van der Waals surface area contributed by atoms with Gasteiger partial charge in [0.1, 0.15) is 28.9 Å². The molecule has 0 saturated carbocycles. The first kappa shape index (κ1) is 19.9. The number of nitriles is 1. The van der Waals surface area contributed by atoms with Crippen LogP contribution in [0.25, 0.3) is 6.08 Å². The normalized spacial score (nSPS) is 10.7. The average Bonchev–Trinajstić information content (AvgIpc) is 2.70. The molecule has 0 aromatic heterocycles. The van der Waals surface area contributed by atoms with Crippen LogP contribution < -0.4 is 19.5 Å². The molecule has 0 radical (unpaired) electrons. The fraction of sp³-hybridized carbons (Fsp3) is 0.238. The molecule has 2 aromatic carbocycles. The van der Waals surface area contributed by atoms with Gasteiger partial charge in [-0.25, -0.2) is 0 Å². The van der Waals surface area contributed by atoms with E-state index < -0.39 is 5.91 Å². The zero-order valence-electron chi connectivity index (χ0n) is 15.8. The molecular weight excluding hydrogens is 344 g/mol. The van der Waals surface area contributed by atoms with Crippen molar-refractivity contribution in [2.45, 2.75) is 13.5 Å².